The minimum Gasteiger partial charge on any atom is -0.385 e. The largest absolute Gasteiger partial charge is 0.385 e. The number of hydrogen-bond acceptors (Lipinski definition) is 2. The molecule has 1 N–H and O–H groups in total. The fraction of sp³-hybridized carbons (Fsp3) is 0.571. The van der Waals surface area contributed by atoms with E-state index >= 15 is 0 Å². The molecule has 100 valence electrons. The number of benzene rings is 1. The number of halogens is 2. The number of rotatable bonds is 7. The molecular formula is C14H19BrFNO. The SMILES string of the molecule is COCCC1(CNCc2ccc(Br)cc2F)CC1. The Labute approximate surface area is 116 Å². The molecule has 0 aliphatic heterocycles. The van der Waals surface area contributed by atoms with Gasteiger partial charge in [0.2, 0.25) is 0 Å². The predicted octanol–water partition coefficient (Wildman–Crippen LogP) is 3.49. The van der Waals surface area contributed by atoms with Gasteiger partial charge in [-0.25, -0.2) is 4.39 Å². The Hall–Kier alpha value is -0.450. The molecule has 0 spiro atoms. The van der Waals surface area contributed by atoms with E-state index in [1.54, 1.807) is 7.11 Å². The van der Waals surface area contributed by atoms with Gasteiger partial charge in [-0.15, -0.1) is 0 Å². The average molecular weight is 316 g/mol. The van der Waals surface area contributed by atoms with E-state index in [9.17, 15) is 4.39 Å². The highest BCUT2D eigenvalue weighted by Crippen LogP contribution is 2.48. The molecule has 1 aromatic carbocycles. The third kappa shape index (κ3) is 3.77. The van der Waals surface area contributed by atoms with Crippen molar-refractivity contribution >= 4 is 15.9 Å². The maximum absolute atomic E-state index is 13.6. The first-order chi connectivity index (χ1) is 8.65. The van der Waals surface area contributed by atoms with Crippen molar-refractivity contribution in [2.75, 3.05) is 20.3 Å². The zero-order valence-corrected chi connectivity index (χ0v) is 12.2. The molecule has 0 radical (unpaired) electrons. The highest BCUT2D eigenvalue weighted by Gasteiger charge is 2.41. The lowest BCUT2D eigenvalue weighted by Crippen LogP contribution is -2.25. The van der Waals surface area contributed by atoms with Crippen molar-refractivity contribution in [3.63, 3.8) is 0 Å². The first kappa shape index (κ1) is 14.0. The van der Waals surface area contributed by atoms with Crippen molar-refractivity contribution in [3.8, 4) is 0 Å². The van der Waals surface area contributed by atoms with E-state index in [2.05, 4.69) is 21.2 Å². The Morgan fingerprint density at radius 3 is 2.83 bits per heavy atom. The predicted molar refractivity (Wildman–Crippen MR) is 74.0 cm³/mol. The van der Waals surface area contributed by atoms with Crippen molar-refractivity contribution in [2.24, 2.45) is 5.41 Å². The molecule has 0 saturated heterocycles. The summed E-state index contributed by atoms with van der Waals surface area (Å²) in [5, 5.41) is 3.36. The highest BCUT2D eigenvalue weighted by molar-refractivity contribution is 9.10. The van der Waals surface area contributed by atoms with Crippen molar-refractivity contribution < 1.29 is 9.13 Å². The molecule has 0 unspecified atom stereocenters. The van der Waals surface area contributed by atoms with E-state index < -0.39 is 0 Å². The average Bonchev–Trinajstić information content (AvgIpc) is 3.10. The third-order valence-electron chi connectivity index (χ3n) is 3.62. The topological polar surface area (TPSA) is 21.3 Å². The molecule has 2 rings (SSSR count). The monoisotopic (exact) mass is 315 g/mol. The summed E-state index contributed by atoms with van der Waals surface area (Å²) < 4.78 is 19.5. The number of methoxy groups -OCH3 is 1. The molecule has 0 bridgehead atoms. The van der Waals surface area contributed by atoms with Gasteiger partial charge in [0.15, 0.2) is 0 Å². The van der Waals surface area contributed by atoms with Crippen molar-refractivity contribution in [3.05, 3.63) is 34.1 Å². The van der Waals surface area contributed by atoms with Crippen LogP contribution in [-0.2, 0) is 11.3 Å². The molecule has 1 aliphatic rings. The number of nitrogens with one attached hydrogen (secondary N) is 1. The molecule has 0 atom stereocenters. The van der Waals surface area contributed by atoms with Gasteiger partial charge in [-0.05, 0) is 36.8 Å². The first-order valence-corrected chi connectivity index (χ1v) is 7.08. The van der Waals surface area contributed by atoms with Crippen LogP contribution in [0.3, 0.4) is 0 Å². The first-order valence-electron chi connectivity index (χ1n) is 6.29. The van der Waals surface area contributed by atoms with Gasteiger partial charge >= 0.3 is 0 Å². The summed E-state index contributed by atoms with van der Waals surface area (Å²) >= 11 is 3.26. The van der Waals surface area contributed by atoms with Crippen molar-refractivity contribution in [1.82, 2.24) is 5.32 Å². The second kappa shape index (κ2) is 6.13. The zero-order chi connectivity index (χ0) is 13.0. The summed E-state index contributed by atoms with van der Waals surface area (Å²) in [6, 6.07) is 5.20. The minimum absolute atomic E-state index is 0.154. The van der Waals surface area contributed by atoms with Crippen LogP contribution in [0.2, 0.25) is 0 Å². The van der Waals surface area contributed by atoms with E-state index in [1.807, 2.05) is 12.1 Å². The standard InChI is InChI=1S/C14H19BrFNO/c1-18-7-6-14(4-5-14)10-17-9-11-2-3-12(15)8-13(11)16/h2-3,8,17H,4-7,9-10H2,1H3. The second-order valence-corrected chi connectivity index (χ2v) is 6.00. The summed E-state index contributed by atoms with van der Waals surface area (Å²) in [4.78, 5) is 0. The Bertz CT molecular complexity index is 407. The van der Waals surface area contributed by atoms with Crippen LogP contribution >= 0.6 is 15.9 Å². The minimum atomic E-state index is -0.154. The lowest BCUT2D eigenvalue weighted by molar-refractivity contribution is 0.171. The van der Waals surface area contributed by atoms with Crippen molar-refractivity contribution in [1.29, 1.82) is 0 Å². The van der Waals surface area contributed by atoms with Crippen LogP contribution in [0, 0.1) is 11.2 Å². The van der Waals surface area contributed by atoms with E-state index in [0.717, 1.165) is 29.6 Å². The quantitative estimate of drug-likeness (QED) is 0.831. The molecule has 2 nitrogen and oxygen atoms in total. The Morgan fingerprint density at radius 1 is 1.44 bits per heavy atom. The van der Waals surface area contributed by atoms with Crippen LogP contribution < -0.4 is 5.32 Å². The van der Waals surface area contributed by atoms with Gasteiger partial charge in [0, 0.05) is 36.8 Å². The van der Waals surface area contributed by atoms with Crippen LogP contribution in [0.4, 0.5) is 4.39 Å². The summed E-state index contributed by atoms with van der Waals surface area (Å²) in [5.41, 5.74) is 1.13. The van der Waals surface area contributed by atoms with E-state index in [1.165, 1.54) is 18.9 Å². The van der Waals surface area contributed by atoms with Gasteiger partial charge in [0.1, 0.15) is 5.82 Å². The maximum Gasteiger partial charge on any atom is 0.128 e. The normalized spacial score (nSPS) is 16.8. The molecule has 1 saturated carbocycles. The number of ether oxygens (including phenoxy) is 1. The molecule has 4 heteroatoms. The van der Waals surface area contributed by atoms with Gasteiger partial charge in [-0.2, -0.15) is 0 Å². The van der Waals surface area contributed by atoms with Gasteiger partial charge in [0.25, 0.3) is 0 Å². The van der Waals surface area contributed by atoms with Crippen LogP contribution in [-0.4, -0.2) is 20.3 Å². The molecule has 0 aromatic heterocycles. The summed E-state index contributed by atoms with van der Waals surface area (Å²) in [5.74, 6) is -0.154. The highest BCUT2D eigenvalue weighted by atomic mass is 79.9. The fourth-order valence-corrected chi connectivity index (χ4v) is 2.47. The van der Waals surface area contributed by atoms with Crippen molar-refractivity contribution in [2.45, 2.75) is 25.8 Å². The molecule has 0 heterocycles. The van der Waals surface area contributed by atoms with E-state index in [0.29, 0.717) is 12.0 Å². The fourth-order valence-electron chi connectivity index (χ4n) is 2.14. The molecule has 0 amide bonds. The Kier molecular flexibility index (Phi) is 4.76. The van der Waals surface area contributed by atoms with Crippen LogP contribution in [0.5, 0.6) is 0 Å². The Morgan fingerprint density at radius 2 is 2.22 bits per heavy atom. The van der Waals surface area contributed by atoms with Gasteiger partial charge < -0.3 is 10.1 Å². The van der Waals surface area contributed by atoms with Gasteiger partial charge in [-0.1, -0.05) is 22.0 Å². The van der Waals surface area contributed by atoms with E-state index in [-0.39, 0.29) is 5.82 Å². The third-order valence-corrected chi connectivity index (χ3v) is 4.12. The lowest BCUT2D eigenvalue weighted by Gasteiger charge is -2.15. The van der Waals surface area contributed by atoms with Crippen LogP contribution in [0.25, 0.3) is 0 Å². The van der Waals surface area contributed by atoms with Gasteiger partial charge in [0.05, 0.1) is 0 Å². The zero-order valence-electron chi connectivity index (χ0n) is 10.6. The summed E-state index contributed by atoms with van der Waals surface area (Å²) in [6.07, 6.45) is 3.61. The van der Waals surface area contributed by atoms with E-state index in [4.69, 9.17) is 4.74 Å². The molecule has 1 fully saturated rings. The molecule has 18 heavy (non-hydrogen) atoms. The van der Waals surface area contributed by atoms with Crippen LogP contribution in [0.15, 0.2) is 22.7 Å². The molecule has 1 aromatic rings. The second-order valence-electron chi connectivity index (χ2n) is 5.08. The summed E-state index contributed by atoms with van der Waals surface area (Å²) in [7, 11) is 1.74. The smallest absolute Gasteiger partial charge is 0.128 e. The van der Waals surface area contributed by atoms with Crippen LogP contribution in [0.1, 0.15) is 24.8 Å². The number of hydrogen-bond donors (Lipinski definition) is 1. The van der Waals surface area contributed by atoms with Gasteiger partial charge in [-0.3, -0.25) is 0 Å². The lowest BCUT2D eigenvalue weighted by atomic mass is 10.0. The Balaban J connectivity index is 1.78. The molecular weight excluding hydrogens is 297 g/mol. The molecule has 1 aliphatic carbocycles. The summed E-state index contributed by atoms with van der Waals surface area (Å²) in [6.45, 7) is 2.36. The maximum atomic E-state index is 13.6.